The van der Waals surface area contributed by atoms with Crippen LogP contribution < -0.4 is 4.74 Å². The third-order valence-electron chi connectivity index (χ3n) is 5.11. The molecule has 168 valence electrons. The van der Waals surface area contributed by atoms with E-state index in [0.717, 1.165) is 22.9 Å². The summed E-state index contributed by atoms with van der Waals surface area (Å²) in [6, 6.07) is 17.7. The first kappa shape index (κ1) is 23.7. The lowest BCUT2D eigenvalue weighted by molar-refractivity contribution is -0.123. The van der Waals surface area contributed by atoms with E-state index >= 15 is 0 Å². The predicted octanol–water partition coefficient (Wildman–Crippen LogP) is 7.47. The van der Waals surface area contributed by atoms with Crippen molar-refractivity contribution in [1.29, 1.82) is 0 Å². The molecule has 3 aromatic rings. The molecule has 0 unspecified atom stereocenters. The van der Waals surface area contributed by atoms with E-state index in [0.29, 0.717) is 30.7 Å². The van der Waals surface area contributed by atoms with Gasteiger partial charge in [-0.3, -0.25) is 14.5 Å². The third-order valence-corrected chi connectivity index (χ3v) is 7.20. The van der Waals surface area contributed by atoms with E-state index in [-0.39, 0.29) is 30.1 Å². The molecule has 0 saturated carbocycles. The van der Waals surface area contributed by atoms with Crippen LogP contribution in [-0.2, 0) is 17.9 Å². The fourth-order valence-electron chi connectivity index (χ4n) is 3.31. The molecule has 0 atom stereocenters. The molecule has 1 aliphatic rings. The van der Waals surface area contributed by atoms with Crippen LogP contribution in [0.3, 0.4) is 0 Å². The van der Waals surface area contributed by atoms with E-state index in [9.17, 15) is 14.0 Å². The Labute approximate surface area is 212 Å². The van der Waals surface area contributed by atoms with Crippen LogP contribution in [0.25, 0.3) is 6.08 Å². The van der Waals surface area contributed by atoms with E-state index in [1.165, 1.54) is 11.0 Å². The molecule has 1 aliphatic heterocycles. The lowest BCUT2D eigenvalue weighted by atomic mass is 10.1. The molecule has 1 fully saturated rings. The van der Waals surface area contributed by atoms with Crippen LogP contribution in [-0.4, -0.2) is 16.0 Å². The van der Waals surface area contributed by atoms with Crippen molar-refractivity contribution in [2.75, 3.05) is 0 Å². The normalized spacial score (nSPS) is 14.9. The molecule has 3 aromatic carbocycles. The summed E-state index contributed by atoms with van der Waals surface area (Å²) in [4.78, 5) is 27.0. The third kappa shape index (κ3) is 5.39. The number of carbonyl (C=O) groups is 2. The van der Waals surface area contributed by atoms with Crippen molar-refractivity contribution in [1.82, 2.24) is 4.90 Å². The van der Waals surface area contributed by atoms with Gasteiger partial charge < -0.3 is 4.74 Å². The Morgan fingerprint density at radius 1 is 1.00 bits per heavy atom. The van der Waals surface area contributed by atoms with E-state index in [4.69, 9.17) is 4.74 Å². The van der Waals surface area contributed by atoms with Crippen molar-refractivity contribution in [3.05, 3.63) is 103 Å². The first-order valence-electron chi connectivity index (χ1n) is 9.98. The molecule has 4 nitrogen and oxygen atoms in total. The average molecular weight is 591 g/mol. The van der Waals surface area contributed by atoms with Gasteiger partial charge >= 0.3 is 0 Å². The molecular formula is C25H18Br2FNO3S. The largest absolute Gasteiger partial charge is 0.486 e. The van der Waals surface area contributed by atoms with Crippen LogP contribution >= 0.6 is 43.6 Å². The van der Waals surface area contributed by atoms with Crippen molar-refractivity contribution >= 4 is 60.8 Å². The van der Waals surface area contributed by atoms with Gasteiger partial charge in [0.2, 0.25) is 0 Å². The summed E-state index contributed by atoms with van der Waals surface area (Å²) in [6.45, 7) is 2.26. The van der Waals surface area contributed by atoms with Gasteiger partial charge in [0.05, 0.1) is 20.4 Å². The zero-order chi connectivity index (χ0) is 23.5. The summed E-state index contributed by atoms with van der Waals surface area (Å²) in [7, 11) is 0. The minimum atomic E-state index is -0.331. The fourth-order valence-corrected chi connectivity index (χ4v) is 5.60. The predicted molar refractivity (Wildman–Crippen MR) is 135 cm³/mol. The Morgan fingerprint density at radius 2 is 1.64 bits per heavy atom. The van der Waals surface area contributed by atoms with Crippen LogP contribution in [0.15, 0.2) is 74.5 Å². The number of hydrogen-bond acceptors (Lipinski definition) is 4. The molecule has 2 amide bonds. The maximum atomic E-state index is 13.9. The molecule has 0 N–H and O–H groups in total. The second kappa shape index (κ2) is 10.2. The molecule has 1 saturated heterocycles. The smallest absolute Gasteiger partial charge is 0.293 e. The summed E-state index contributed by atoms with van der Waals surface area (Å²) >= 11 is 7.89. The van der Waals surface area contributed by atoms with Gasteiger partial charge in [0.1, 0.15) is 18.2 Å². The van der Waals surface area contributed by atoms with Crippen molar-refractivity contribution < 1.29 is 18.7 Å². The minimum Gasteiger partial charge on any atom is -0.486 e. The molecule has 0 radical (unpaired) electrons. The van der Waals surface area contributed by atoms with Crippen LogP contribution in [0.1, 0.15) is 22.3 Å². The van der Waals surface area contributed by atoms with Gasteiger partial charge in [-0.1, -0.05) is 42.5 Å². The van der Waals surface area contributed by atoms with Crippen molar-refractivity contribution in [2.24, 2.45) is 0 Å². The van der Waals surface area contributed by atoms with E-state index in [1.54, 1.807) is 36.4 Å². The lowest BCUT2D eigenvalue weighted by Gasteiger charge is -2.14. The van der Waals surface area contributed by atoms with Crippen LogP contribution in [0.5, 0.6) is 5.75 Å². The lowest BCUT2D eigenvalue weighted by Crippen LogP contribution is -2.27. The summed E-state index contributed by atoms with van der Waals surface area (Å²) in [5.74, 6) is -0.133. The number of carbonyl (C=O) groups excluding carboxylic acids is 2. The number of rotatable bonds is 6. The highest BCUT2D eigenvalue weighted by Gasteiger charge is 2.35. The minimum absolute atomic E-state index is 0.0704. The van der Waals surface area contributed by atoms with Crippen molar-refractivity contribution in [3.8, 4) is 5.75 Å². The van der Waals surface area contributed by atoms with Gasteiger partial charge in [-0.2, -0.15) is 0 Å². The monoisotopic (exact) mass is 589 g/mol. The Balaban J connectivity index is 1.52. The van der Waals surface area contributed by atoms with Crippen molar-refractivity contribution in [3.63, 3.8) is 0 Å². The number of hydrogen-bond donors (Lipinski definition) is 0. The topological polar surface area (TPSA) is 46.6 Å². The van der Waals surface area contributed by atoms with E-state index in [1.807, 2.05) is 31.2 Å². The quantitative estimate of drug-likeness (QED) is 0.279. The SMILES string of the molecule is Cc1ccccc1CN1C(=O)S/C(=C\c2cc(Br)c(OCc3ccccc3F)c(Br)c2)C1=O. The standard InChI is InChI=1S/C25H18Br2FNO3S/c1-15-6-2-3-7-17(15)13-29-24(30)22(33-25(29)31)12-16-10-19(26)23(20(27)11-16)32-14-18-8-4-5-9-21(18)28/h2-12H,13-14H2,1H3/b22-12-. The number of nitrogens with zero attached hydrogens (tertiary/aromatic N) is 1. The molecule has 4 rings (SSSR count). The molecule has 0 bridgehead atoms. The number of ether oxygens (including phenoxy) is 1. The molecule has 1 heterocycles. The second-order valence-corrected chi connectivity index (χ2v) is 10.1. The summed E-state index contributed by atoms with van der Waals surface area (Å²) in [6.07, 6.45) is 1.68. The number of halogens is 3. The summed E-state index contributed by atoms with van der Waals surface area (Å²) in [5, 5.41) is -0.294. The van der Waals surface area contributed by atoms with E-state index < -0.39 is 0 Å². The number of imide groups is 1. The Bertz CT molecular complexity index is 1260. The van der Waals surface area contributed by atoms with Crippen LogP contribution in [0, 0.1) is 12.7 Å². The van der Waals surface area contributed by atoms with Gasteiger partial charge in [-0.15, -0.1) is 0 Å². The maximum Gasteiger partial charge on any atom is 0.293 e. The molecule has 0 spiro atoms. The van der Waals surface area contributed by atoms with Crippen LogP contribution in [0.2, 0.25) is 0 Å². The fraction of sp³-hybridized carbons (Fsp3) is 0.120. The first-order chi connectivity index (χ1) is 15.8. The number of aryl methyl sites for hydroxylation is 1. The van der Waals surface area contributed by atoms with Gasteiger partial charge in [0.15, 0.2) is 0 Å². The maximum absolute atomic E-state index is 13.9. The van der Waals surface area contributed by atoms with Gasteiger partial charge in [-0.25, -0.2) is 4.39 Å². The molecule has 0 aromatic heterocycles. The van der Waals surface area contributed by atoms with Gasteiger partial charge in [-0.05, 0) is 91.5 Å². The molecular weight excluding hydrogens is 573 g/mol. The number of benzene rings is 3. The Kier molecular flexibility index (Phi) is 7.36. The Morgan fingerprint density at radius 3 is 2.30 bits per heavy atom. The molecule has 0 aliphatic carbocycles. The number of thioether (sulfide) groups is 1. The molecule has 8 heteroatoms. The summed E-state index contributed by atoms with van der Waals surface area (Å²) in [5.41, 5.74) is 3.12. The Hall–Kier alpha value is -2.42. The van der Waals surface area contributed by atoms with Gasteiger partial charge in [0.25, 0.3) is 11.1 Å². The molecule has 33 heavy (non-hydrogen) atoms. The second-order valence-electron chi connectivity index (χ2n) is 7.39. The summed E-state index contributed by atoms with van der Waals surface area (Å²) < 4.78 is 20.9. The highest BCUT2D eigenvalue weighted by molar-refractivity contribution is 9.11. The highest BCUT2D eigenvalue weighted by Crippen LogP contribution is 2.38. The first-order valence-corrected chi connectivity index (χ1v) is 12.4. The van der Waals surface area contributed by atoms with Crippen molar-refractivity contribution in [2.45, 2.75) is 20.1 Å². The highest BCUT2D eigenvalue weighted by atomic mass is 79.9. The van der Waals surface area contributed by atoms with Crippen LogP contribution in [0.4, 0.5) is 9.18 Å². The van der Waals surface area contributed by atoms with Gasteiger partial charge in [0, 0.05) is 5.56 Å². The average Bonchev–Trinajstić information content (AvgIpc) is 3.03. The zero-order valence-electron chi connectivity index (χ0n) is 17.5. The van der Waals surface area contributed by atoms with E-state index in [2.05, 4.69) is 31.9 Å². The zero-order valence-corrected chi connectivity index (χ0v) is 21.5. The number of amides is 2.